The first-order chi connectivity index (χ1) is 22.9. The highest BCUT2D eigenvalue weighted by atomic mass is 35.5. The maximum absolute atomic E-state index is 14.6. The molecule has 0 aliphatic carbocycles. The predicted molar refractivity (Wildman–Crippen MR) is 186 cm³/mol. The van der Waals surface area contributed by atoms with Crippen molar-refractivity contribution in [1.29, 1.82) is 0 Å². The van der Waals surface area contributed by atoms with E-state index in [0.717, 1.165) is 11.0 Å². The molecule has 49 heavy (non-hydrogen) atoms. The number of carbonyl (C=O) groups excluding carboxylic acids is 2. The van der Waals surface area contributed by atoms with Crippen molar-refractivity contribution in [1.82, 2.24) is 10.2 Å². The first-order valence-corrected chi connectivity index (χ1v) is 17.5. The highest BCUT2D eigenvalue weighted by Crippen LogP contribution is 2.38. The third kappa shape index (κ3) is 9.69. The highest BCUT2D eigenvalue weighted by molar-refractivity contribution is 7.92. The molecule has 4 rings (SSSR count). The fraction of sp³-hybridized carbons (Fsp3) is 0.257. The van der Waals surface area contributed by atoms with Gasteiger partial charge in [0.15, 0.2) is 0 Å². The SMILES string of the molecule is CC(C)(C)NC(=O)[C@@H](Cc1ccccc1)N(Cc1c(Cl)cccc1Cl)C(=O)CN(c1cc(C(F)(F)F)ccc1Cl)S(=O)(=O)c1ccccc1. The smallest absolute Gasteiger partial charge is 0.350 e. The quantitative estimate of drug-likeness (QED) is 0.167. The lowest BCUT2D eigenvalue weighted by Crippen LogP contribution is -2.56. The summed E-state index contributed by atoms with van der Waals surface area (Å²) in [5.41, 5.74) is -1.55. The van der Waals surface area contributed by atoms with E-state index in [-0.39, 0.29) is 38.5 Å². The van der Waals surface area contributed by atoms with Gasteiger partial charge in [-0.25, -0.2) is 8.42 Å². The Balaban J connectivity index is 1.92. The van der Waals surface area contributed by atoms with Crippen molar-refractivity contribution in [3.05, 3.63) is 129 Å². The molecule has 0 saturated heterocycles. The Bertz CT molecular complexity index is 1890. The van der Waals surface area contributed by atoms with Crippen LogP contribution >= 0.6 is 34.8 Å². The number of carbonyl (C=O) groups is 2. The zero-order valence-corrected chi connectivity index (χ0v) is 29.7. The van der Waals surface area contributed by atoms with Gasteiger partial charge in [0.25, 0.3) is 10.0 Å². The van der Waals surface area contributed by atoms with Crippen LogP contribution in [0.25, 0.3) is 0 Å². The topological polar surface area (TPSA) is 86.8 Å². The highest BCUT2D eigenvalue weighted by Gasteiger charge is 2.38. The molecule has 0 unspecified atom stereocenters. The van der Waals surface area contributed by atoms with Crippen LogP contribution in [-0.2, 0) is 38.8 Å². The van der Waals surface area contributed by atoms with Crippen molar-refractivity contribution in [3.8, 4) is 0 Å². The monoisotopic (exact) mass is 753 g/mol. The number of benzene rings is 4. The number of amides is 2. The molecule has 1 N–H and O–H groups in total. The number of anilines is 1. The molecular weight excluding hydrogens is 722 g/mol. The average Bonchev–Trinajstić information content (AvgIpc) is 3.02. The van der Waals surface area contributed by atoms with Gasteiger partial charge < -0.3 is 10.2 Å². The van der Waals surface area contributed by atoms with Crippen molar-refractivity contribution in [2.45, 2.75) is 56.4 Å². The van der Waals surface area contributed by atoms with E-state index >= 15 is 0 Å². The summed E-state index contributed by atoms with van der Waals surface area (Å²) in [4.78, 5) is 29.5. The van der Waals surface area contributed by atoms with E-state index in [1.807, 2.05) is 0 Å². The molecule has 14 heteroatoms. The van der Waals surface area contributed by atoms with E-state index in [1.165, 1.54) is 24.3 Å². The van der Waals surface area contributed by atoms with Gasteiger partial charge in [-0.1, -0.05) is 89.4 Å². The summed E-state index contributed by atoms with van der Waals surface area (Å²) < 4.78 is 70.4. The average molecular weight is 755 g/mol. The molecule has 4 aromatic carbocycles. The van der Waals surface area contributed by atoms with Crippen molar-refractivity contribution in [2.24, 2.45) is 0 Å². The molecule has 0 saturated carbocycles. The maximum Gasteiger partial charge on any atom is 0.416 e. The zero-order chi connectivity index (χ0) is 36.1. The Morgan fingerprint density at radius 3 is 1.92 bits per heavy atom. The standard InChI is InChI=1S/C35H33Cl3F3N3O4S/c1-34(2,3)42-33(46)31(19-23-11-6-4-7-12-23)43(21-26-27(36)15-10-16-28(26)37)32(45)22-44(49(47,48)25-13-8-5-9-14-25)30-20-24(35(39,40)41)17-18-29(30)38/h4-18,20,31H,19,21-22H2,1-3H3,(H,42,46)/t31-/m1/s1. The van der Waals surface area contributed by atoms with Crippen LogP contribution in [0.15, 0.2) is 102 Å². The van der Waals surface area contributed by atoms with Crippen LogP contribution in [0.4, 0.5) is 18.9 Å². The van der Waals surface area contributed by atoms with Crippen molar-refractivity contribution in [3.63, 3.8) is 0 Å². The predicted octanol–water partition coefficient (Wildman–Crippen LogP) is 8.42. The second-order valence-electron chi connectivity index (χ2n) is 12.2. The van der Waals surface area contributed by atoms with E-state index in [1.54, 1.807) is 75.4 Å². The van der Waals surface area contributed by atoms with Gasteiger partial charge >= 0.3 is 6.18 Å². The number of sulfonamides is 1. The molecule has 4 aromatic rings. The summed E-state index contributed by atoms with van der Waals surface area (Å²) in [5, 5.41) is 2.88. The molecule has 0 radical (unpaired) electrons. The molecule has 0 spiro atoms. The molecule has 2 amide bonds. The minimum absolute atomic E-state index is 0.00762. The Hall–Kier alpha value is -3.77. The van der Waals surface area contributed by atoms with Crippen LogP contribution in [0.3, 0.4) is 0 Å². The first kappa shape index (κ1) is 38.0. The number of hydrogen-bond acceptors (Lipinski definition) is 4. The van der Waals surface area contributed by atoms with Gasteiger partial charge in [-0.2, -0.15) is 13.2 Å². The minimum Gasteiger partial charge on any atom is -0.350 e. The lowest BCUT2D eigenvalue weighted by atomic mass is 10.0. The number of nitrogens with one attached hydrogen (secondary N) is 1. The molecule has 0 bridgehead atoms. The molecule has 0 aromatic heterocycles. The van der Waals surface area contributed by atoms with Crippen molar-refractivity contribution >= 4 is 62.3 Å². The minimum atomic E-state index is -4.86. The molecule has 0 aliphatic heterocycles. The molecule has 0 fully saturated rings. The zero-order valence-electron chi connectivity index (χ0n) is 26.6. The van der Waals surface area contributed by atoms with E-state index in [9.17, 15) is 31.2 Å². The van der Waals surface area contributed by atoms with E-state index < -0.39 is 57.4 Å². The lowest BCUT2D eigenvalue weighted by molar-refractivity contribution is -0.140. The Labute approximate surface area is 298 Å². The summed E-state index contributed by atoms with van der Waals surface area (Å²) >= 11 is 19.4. The van der Waals surface area contributed by atoms with Gasteiger partial charge in [-0.3, -0.25) is 13.9 Å². The summed E-state index contributed by atoms with van der Waals surface area (Å²) in [5.74, 6) is -1.50. The van der Waals surface area contributed by atoms with E-state index in [0.29, 0.717) is 22.0 Å². The summed E-state index contributed by atoms with van der Waals surface area (Å²) in [6, 6.07) is 21.3. The normalized spacial score (nSPS) is 12.7. The molecule has 260 valence electrons. The molecule has 1 atom stereocenters. The van der Waals surface area contributed by atoms with Crippen molar-refractivity contribution in [2.75, 3.05) is 10.8 Å². The van der Waals surface area contributed by atoms with Crippen LogP contribution in [0.5, 0.6) is 0 Å². The number of hydrogen-bond donors (Lipinski definition) is 1. The Morgan fingerprint density at radius 1 is 0.796 bits per heavy atom. The number of rotatable bonds is 11. The van der Waals surface area contributed by atoms with Crippen LogP contribution in [-0.4, -0.2) is 43.3 Å². The summed E-state index contributed by atoms with van der Waals surface area (Å²) in [6.07, 6.45) is -4.86. The van der Waals surface area contributed by atoms with Crippen LogP contribution < -0.4 is 9.62 Å². The third-order valence-corrected chi connectivity index (χ3v) is 10.1. The van der Waals surface area contributed by atoms with Crippen molar-refractivity contribution < 1.29 is 31.2 Å². The van der Waals surface area contributed by atoms with Crippen LogP contribution in [0, 0.1) is 0 Å². The van der Waals surface area contributed by atoms with Gasteiger partial charge in [0, 0.05) is 34.1 Å². The van der Waals surface area contributed by atoms with Gasteiger partial charge in [-0.05, 0) is 68.8 Å². The first-order valence-electron chi connectivity index (χ1n) is 14.9. The van der Waals surface area contributed by atoms with E-state index in [2.05, 4.69) is 5.32 Å². The molecule has 7 nitrogen and oxygen atoms in total. The van der Waals surface area contributed by atoms with Gasteiger partial charge in [0.05, 0.1) is 21.2 Å². The maximum atomic E-state index is 14.6. The summed E-state index contributed by atoms with van der Waals surface area (Å²) in [7, 11) is -4.71. The van der Waals surface area contributed by atoms with Gasteiger partial charge in [0.2, 0.25) is 11.8 Å². The number of nitrogens with zero attached hydrogens (tertiary/aromatic N) is 2. The molecule has 0 aliphatic rings. The second-order valence-corrected chi connectivity index (χ2v) is 15.2. The Kier molecular flexibility index (Phi) is 12.0. The largest absolute Gasteiger partial charge is 0.416 e. The fourth-order valence-electron chi connectivity index (χ4n) is 4.97. The summed E-state index contributed by atoms with van der Waals surface area (Å²) in [6.45, 7) is 3.89. The number of halogens is 6. The fourth-order valence-corrected chi connectivity index (χ4v) is 7.21. The van der Waals surface area contributed by atoms with E-state index in [4.69, 9.17) is 34.8 Å². The van der Waals surface area contributed by atoms with Crippen LogP contribution in [0.2, 0.25) is 15.1 Å². The van der Waals surface area contributed by atoms with Crippen LogP contribution in [0.1, 0.15) is 37.5 Å². The molecule has 0 heterocycles. The Morgan fingerprint density at radius 2 is 1.37 bits per heavy atom. The molecular formula is C35H33Cl3F3N3O4S. The third-order valence-electron chi connectivity index (χ3n) is 7.31. The van der Waals surface area contributed by atoms with Gasteiger partial charge in [0.1, 0.15) is 12.6 Å². The second kappa shape index (κ2) is 15.4. The number of alkyl halides is 3. The lowest BCUT2D eigenvalue weighted by Gasteiger charge is -2.35. The van der Waals surface area contributed by atoms with Gasteiger partial charge in [-0.15, -0.1) is 0 Å².